The SMILES string of the molecule is CC(C)c1nc(C2CCN(c3ncnc4c(-c5ccccc5F)cc(F)cc34)CC2)no1. The Morgan fingerprint density at radius 3 is 2.53 bits per heavy atom. The summed E-state index contributed by atoms with van der Waals surface area (Å²) in [4.78, 5) is 15.5. The van der Waals surface area contributed by atoms with Crippen LogP contribution in [0.15, 0.2) is 47.2 Å². The molecule has 1 aliphatic rings. The number of benzene rings is 2. The first-order valence-corrected chi connectivity index (χ1v) is 10.8. The van der Waals surface area contributed by atoms with Crippen molar-refractivity contribution < 1.29 is 13.3 Å². The van der Waals surface area contributed by atoms with E-state index in [0.29, 0.717) is 46.8 Å². The highest BCUT2D eigenvalue weighted by Gasteiger charge is 2.27. The summed E-state index contributed by atoms with van der Waals surface area (Å²) in [6, 6.07) is 9.08. The average molecular weight is 435 g/mol. The van der Waals surface area contributed by atoms with Gasteiger partial charge in [0, 0.05) is 41.4 Å². The number of halogens is 2. The molecule has 1 fully saturated rings. The van der Waals surface area contributed by atoms with Gasteiger partial charge in [-0.2, -0.15) is 4.98 Å². The van der Waals surface area contributed by atoms with E-state index in [2.05, 4.69) is 25.0 Å². The number of nitrogens with zero attached hydrogens (tertiary/aromatic N) is 5. The summed E-state index contributed by atoms with van der Waals surface area (Å²) >= 11 is 0. The van der Waals surface area contributed by atoms with E-state index in [1.165, 1.54) is 24.5 Å². The van der Waals surface area contributed by atoms with Crippen LogP contribution in [0.25, 0.3) is 22.0 Å². The lowest BCUT2D eigenvalue weighted by Crippen LogP contribution is -2.34. The van der Waals surface area contributed by atoms with E-state index in [9.17, 15) is 8.78 Å². The molecular weight excluding hydrogens is 412 g/mol. The summed E-state index contributed by atoms with van der Waals surface area (Å²) < 4.78 is 34.4. The lowest BCUT2D eigenvalue weighted by atomic mass is 9.95. The van der Waals surface area contributed by atoms with E-state index in [4.69, 9.17) is 4.52 Å². The van der Waals surface area contributed by atoms with Crippen LogP contribution in [0.3, 0.4) is 0 Å². The molecule has 1 aliphatic heterocycles. The number of rotatable bonds is 4. The molecule has 0 radical (unpaired) electrons. The Labute approximate surface area is 184 Å². The van der Waals surface area contributed by atoms with E-state index in [-0.39, 0.29) is 11.8 Å². The van der Waals surface area contributed by atoms with Gasteiger partial charge in [0.05, 0.1) is 5.52 Å². The van der Waals surface area contributed by atoms with Crippen LogP contribution in [0.5, 0.6) is 0 Å². The van der Waals surface area contributed by atoms with Crippen LogP contribution in [-0.2, 0) is 0 Å². The van der Waals surface area contributed by atoms with Gasteiger partial charge in [-0.1, -0.05) is 37.2 Å². The molecule has 32 heavy (non-hydrogen) atoms. The molecule has 0 amide bonds. The Morgan fingerprint density at radius 2 is 1.81 bits per heavy atom. The summed E-state index contributed by atoms with van der Waals surface area (Å²) in [5.74, 6) is 1.59. The molecule has 0 saturated carbocycles. The summed E-state index contributed by atoms with van der Waals surface area (Å²) in [6.07, 6.45) is 3.12. The molecule has 2 aromatic heterocycles. The van der Waals surface area contributed by atoms with Gasteiger partial charge in [0.25, 0.3) is 0 Å². The molecule has 5 rings (SSSR count). The van der Waals surface area contributed by atoms with Gasteiger partial charge in [0.1, 0.15) is 23.8 Å². The van der Waals surface area contributed by atoms with Crippen molar-refractivity contribution in [2.75, 3.05) is 18.0 Å². The summed E-state index contributed by atoms with van der Waals surface area (Å²) in [7, 11) is 0. The maximum atomic E-state index is 14.6. The van der Waals surface area contributed by atoms with E-state index >= 15 is 0 Å². The van der Waals surface area contributed by atoms with Crippen LogP contribution < -0.4 is 4.90 Å². The fraction of sp³-hybridized carbons (Fsp3) is 0.333. The normalized spacial score (nSPS) is 15.1. The van der Waals surface area contributed by atoms with Crippen molar-refractivity contribution in [3.05, 3.63) is 66.1 Å². The summed E-state index contributed by atoms with van der Waals surface area (Å²) in [5.41, 5.74) is 1.27. The maximum absolute atomic E-state index is 14.6. The smallest absolute Gasteiger partial charge is 0.229 e. The highest BCUT2D eigenvalue weighted by Crippen LogP contribution is 2.36. The van der Waals surface area contributed by atoms with Crippen LogP contribution in [-0.4, -0.2) is 33.2 Å². The first-order chi connectivity index (χ1) is 15.5. The molecule has 0 unspecified atom stereocenters. The zero-order valence-electron chi connectivity index (χ0n) is 17.9. The van der Waals surface area contributed by atoms with Crippen molar-refractivity contribution in [2.24, 2.45) is 0 Å². The highest BCUT2D eigenvalue weighted by molar-refractivity contribution is 5.99. The fourth-order valence-corrected chi connectivity index (χ4v) is 4.25. The van der Waals surface area contributed by atoms with Crippen molar-refractivity contribution in [3.63, 3.8) is 0 Å². The lowest BCUT2D eigenvalue weighted by Gasteiger charge is -2.32. The van der Waals surface area contributed by atoms with Crippen molar-refractivity contribution in [1.29, 1.82) is 0 Å². The zero-order chi connectivity index (χ0) is 22.2. The molecular formula is C24H23F2N5O. The molecule has 0 atom stereocenters. The first-order valence-electron chi connectivity index (χ1n) is 10.8. The van der Waals surface area contributed by atoms with Crippen LogP contribution in [0.4, 0.5) is 14.6 Å². The largest absolute Gasteiger partial charge is 0.356 e. The molecule has 0 N–H and O–H groups in total. The Hall–Kier alpha value is -3.42. The van der Waals surface area contributed by atoms with Crippen molar-refractivity contribution in [3.8, 4) is 11.1 Å². The summed E-state index contributed by atoms with van der Waals surface area (Å²) in [6.45, 7) is 5.48. The zero-order valence-corrected chi connectivity index (χ0v) is 17.9. The third-order valence-corrected chi connectivity index (χ3v) is 5.96. The molecule has 0 spiro atoms. The fourth-order valence-electron chi connectivity index (χ4n) is 4.25. The Bertz CT molecular complexity index is 1260. The van der Waals surface area contributed by atoms with Gasteiger partial charge in [-0.05, 0) is 31.0 Å². The predicted molar refractivity (Wildman–Crippen MR) is 117 cm³/mol. The maximum Gasteiger partial charge on any atom is 0.229 e. The number of piperidine rings is 1. The van der Waals surface area contributed by atoms with Gasteiger partial charge < -0.3 is 9.42 Å². The molecule has 8 heteroatoms. The third kappa shape index (κ3) is 3.70. The minimum Gasteiger partial charge on any atom is -0.356 e. The van der Waals surface area contributed by atoms with Gasteiger partial charge in [-0.3, -0.25) is 0 Å². The number of aromatic nitrogens is 4. The second-order valence-corrected chi connectivity index (χ2v) is 8.43. The Balaban J connectivity index is 1.46. The van der Waals surface area contributed by atoms with Crippen molar-refractivity contribution >= 4 is 16.7 Å². The van der Waals surface area contributed by atoms with Crippen molar-refractivity contribution in [2.45, 2.75) is 38.5 Å². The van der Waals surface area contributed by atoms with Gasteiger partial charge in [-0.25, -0.2) is 18.7 Å². The molecule has 3 heterocycles. The standard InChI is InChI=1S/C24H23F2N5O/c1-14(2)24-29-22(30-32-24)15-7-9-31(10-8-15)23-19-12-16(25)11-18(21(19)27-13-28-23)17-5-3-4-6-20(17)26/h3-6,11-15H,7-10H2,1-2H3. The van der Waals surface area contributed by atoms with E-state index < -0.39 is 11.6 Å². The van der Waals surface area contributed by atoms with Crippen molar-refractivity contribution in [1.82, 2.24) is 20.1 Å². The van der Waals surface area contributed by atoms with Gasteiger partial charge in [-0.15, -0.1) is 0 Å². The van der Waals surface area contributed by atoms with Crippen LogP contribution in [0, 0.1) is 11.6 Å². The Kier molecular flexibility index (Phi) is 5.28. The third-order valence-electron chi connectivity index (χ3n) is 5.96. The number of anilines is 1. The second-order valence-electron chi connectivity index (χ2n) is 8.43. The molecule has 6 nitrogen and oxygen atoms in total. The van der Waals surface area contributed by atoms with E-state index in [0.717, 1.165) is 18.7 Å². The minimum atomic E-state index is -0.449. The first kappa shape index (κ1) is 20.5. The van der Waals surface area contributed by atoms with Gasteiger partial charge in [0.2, 0.25) is 5.89 Å². The van der Waals surface area contributed by atoms with E-state index in [1.54, 1.807) is 18.2 Å². The summed E-state index contributed by atoms with van der Waals surface area (Å²) in [5, 5.41) is 4.73. The van der Waals surface area contributed by atoms with E-state index in [1.807, 2.05) is 13.8 Å². The molecule has 1 saturated heterocycles. The molecule has 0 aliphatic carbocycles. The van der Waals surface area contributed by atoms with Crippen LogP contribution in [0.1, 0.15) is 50.2 Å². The topological polar surface area (TPSA) is 67.9 Å². The predicted octanol–water partition coefficient (Wildman–Crippen LogP) is 5.47. The lowest BCUT2D eigenvalue weighted by molar-refractivity contribution is 0.353. The minimum absolute atomic E-state index is 0.197. The van der Waals surface area contributed by atoms with Crippen LogP contribution in [0.2, 0.25) is 0 Å². The second kappa shape index (κ2) is 8.26. The van der Waals surface area contributed by atoms with Gasteiger partial charge in [0.15, 0.2) is 5.82 Å². The molecule has 164 valence electrons. The van der Waals surface area contributed by atoms with Crippen LogP contribution >= 0.6 is 0 Å². The molecule has 0 bridgehead atoms. The number of fused-ring (bicyclic) bond motifs is 1. The highest BCUT2D eigenvalue weighted by atomic mass is 19.1. The number of hydrogen-bond donors (Lipinski definition) is 0. The average Bonchev–Trinajstić information content (AvgIpc) is 3.29. The van der Waals surface area contributed by atoms with Gasteiger partial charge >= 0.3 is 0 Å². The molecule has 2 aromatic carbocycles. The Morgan fingerprint density at radius 1 is 1.03 bits per heavy atom. The monoisotopic (exact) mass is 435 g/mol. The number of hydrogen-bond acceptors (Lipinski definition) is 6. The molecule has 4 aromatic rings. The quantitative estimate of drug-likeness (QED) is 0.424.